The van der Waals surface area contributed by atoms with Crippen molar-refractivity contribution in [3.8, 4) is 5.75 Å². The van der Waals surface area contributed by atoms with Crippen LogP contribution in [0.1, 0.15) is 46.6 Å². The number of H-pyrrole nitrogens is 1. The van der Waals surface area contributed by atoms with Crippen molar-refractivity contribution in [1.29, 1.82) is 0 Å². The molecule has 0 spiro atoms. The second kappa shape index (κ2) is 45.4. The van der Waals surface area contributed by atoms with E-state index in [2.05, 4.69) is 54.5 Å². The van der Waals surface area contributed by atoms with Crippen LogP contribution in [0.3, 0.4) is 0 Å². The molecule has 0 saturated carbocycles. The number of aromatic amines is 1. The first kappa shape index (κ1) is 73.2. The van der Waals surface area contributed by atoms with Gasteiger partial charge in [0.2, 0.25) is 0 Å². The Morgan fingerprint density at radius 2 is 1.01 bits per heavy atom. The Balaban J connectivity index is -0.00000108. The molecule has 3 rings (SSSR count). The number of tetrazole rings is 1. The fourth-order valence-corrected chi connectivity index (χ4v) is 7.42. The first-order valence-electron chi connectivity index (χ1n) is 20.4. The summed E-state index contributed by atoms with van der Waals surface area (Å²) in [6.45, 7) is 0. The summed E-state index contributed by atoms with van der Waals surface area (Å²) in [6.07, 6.45) is -0.804. The normalized spacial score (nSPS) is 11.6. The number of hydrogen-bond donors (Lipinski definition) is 10. The van der Waals surface area contributed by atoms with Crippen LogP contribution in [0.2, 0.25) is 0 Å². The van der Waals surface area contributed by atoms with Crippen LogP contribution in [0.4, 0.5) is 9.59 Å². The number of nitrogens with zero attached hydrogens (tertiary/aromatic N) is 3. The van der Waals surface area contributed by atoms with E-state index in [4.69, 9.17) is 88.3 Å². The zero-order valence-electron chi connectivity index (χ0n) is 37.8. The number of hydrogen-bond acceptors (Lipinski definition) is 20. The van der Waals surface area contributed by atoms with E-state index in [-0.39, 0.29) is 77.4 Å². The Morgan fingerprint density at radius 3 is 1.40 bits per heavy atom. The molecule has 0 aliphatic rings. The number of carboxylic acids is 5. The number of urea groups is 2. The molecular formula is C40H52N8O14S8Tc2-6. The molecule has 2 radical (unpaired) electrons. The third-order valence-corrected chi connectivity index (χ3v) is 12.6. The Labute approximate surface area is 484 Å². The Bertz CT molecular complexity index is 2010. The Kier molecular flexibility index (Phi) is 46.1. The van der Waals surface area contributed by atoms with Crippen molar-refractivity contribution in [3.63, 3.8) is 0 Å². The predicted octanol–water partition coefficient (Wildman–Crippen LogP) is 1.07. The van der Waals surface area contributed by atoms with Crippen LogP contribution < -0.4 is 26.0 Å². The molecule has 0 aliphatic carbocycles. The monoisotopic (exact) mass is 1320 g/mol. The van der Waals surface area contributed by atoms with Crippen LogP contribution in [0, 0.1) is 0 Å². The number of thioether (sulfide) groups is 2. The van der Waals surface area contributed by atoms with Crippen molar-refractivity contribution >= 4 is 147 Å². The van der Waals surface area contributed by atoms with Crippen molar-refractivity contribution in [1.82, 2.24) is 41.9 Å². The maximum atomic E-state index is 12.3. The molecule has 22 nitrogen and oxygen atoms in total. The van der Waals surface area contributed by atoms with Crippen LogP contribution in [0.5, 0.6) is 5.75 Å². The van der Waals surface area contributed by atoms with Crippen LogP contribution in [0.15, 0.2) is 48.5 Å². The minimum Gasteiger partial charge on any atom is -0.792 e. The van der Waals surface area contributed by atoms with Gasteiger partial charge < -0.3 is 127 Å². The summed E-state index contributed by atoms with van der Waals surface area (Å²) in [5, 5.41) is 66.2. The molecule has 4 atom stereocenters. The van der Waals surface area contributed by atoms with Gasteiger partial charge in [0.1, 0.15) is 29.9 Å². The number of aromatic nitrogens is 4. The molecule has 10 N–H and O–H groups in total. The number of carboxylic acid groups (broad SMARTS) is 5. The van der Waals surface area contributed by atoms with E-state index in [1.165, 1.54) is 24.3 Å². The van der Waals surface area contributed by atoms with Gasteiger partial charge in [-0.1, -0.05) is 35.0 Å². The average molecular weight is 1320 g/mol. The van der Waals surface area contributed by atoms with Crippen molar-refractivity contribution in [2.24, 2.45) is 0 Å². The second-order valence-electron chi connectivity index (χ2n) is 13.4. The summed E-state index contributed by atoms with van der Waals surface area (Å²) in [4.78, 5) is 91.1. The van der Waals surface area contributed by atoms with Crippen molar-refractivity contribution in [3.05, 3.63) is 71.0 Å². The number of nitrogens with one attached hydrogen (secondary N) is 5. The molecule has 4 amide bonds. The number of rotatable bonds is 28. The summed E-state index contributed by atoms with van der Waals surface area (Å²) in [5.41, 5.74) is 1.73. The quantitative estimate of drug-likeness (QED) is 0.0210. The van der Waals surface area contributed by atoms with E-state index in [0.717, 1.165) is 51.6 Å². The van der Waals surface area contributed by atoms with Gasteiger partial charge in [-0.15, -0.1) is 16.0 Å². The fraction of sp³-hybridized carbons (Fsp3) is 0.475. The standard InChI is InChI=1S/C23H24N2O9S.C9H14N6O5S.2C4H10S3.2Tc/c26-19(27)10-9-17(20(28)29)24-23(33)25-18(21(30)31)11-13-3-7-16(8-4-13)34-22(32)15-5-1-14(12-35)2-6-15;16-7(17)4(1-2-6-12-14-15-13-6)10-9(20)11-5(3-21)8(18)19;2*5-1-3-7-4-2-6;;/h1-8,17-18,35H,9-12H2,(H,26,27)(H,28,29)(H,30,31)(H2,24,25,33);4-5,21H,1-3H2,(H,16,17)(H,18,19)(H2,10,11,20)(H,12,13,14,15);2*5-6H,1-4H2;;/p-6/t17-,18-;4-,5-;;;;/m00..../s1. The van der Waals surface area contributed by atoms with Crippen molar-refractivity contribution < 1.29 is 109 Å². The van der Waals surface area contributed by atoms with E-state index in [0.29, 0.717) is 22.7 Å². The van der Waals surface area contributed by atoms with Crippen molar-refractivity contribution in [2.75, 3.05) is 51.8 Å². The maximum Gasteiger partial charge on any atom is 0.343 e. The van der Waals surface area contributed by atoms with E-state index in [9.17, 15) is 43.5 Å². The smallest absolute Gasteiger partial charge is 0.343 e. The number of carbonyl (C=O) groups excluding carboxylic acids is 3. The fourth-order valence-electron chi connectivity index (χ4n) is 4.71. The molecule has 1 aromatic heterocycles. The van der Waals surface area contributed by atoms with Crippen LogP contribution in [-0.4, -0.2) is 170 Å². The summed E-state index contributed by atoms with van der Waals surface area (Å²) in [6, 6.07) is 5.27. The first-order chi connectivity index (χ1) is 33.3. The van der Waals surface area contributed by atoms with Crippen LogP contribution >= 0.6 is 23.5 Å². The van der Waals surface area contributed by atoms with Gasteiger partial charge in [0, 0.05) is 59.5 Å². The number of benzene rings is 2. The topological polar surface area (TPSA) is 350 Å². The zero-order chi connectivity index (χ0) is 52.9. The Morgan fingerprint density at radius 1 is 0.583 bits per heavy atom. The van der Waals surface area contributed by atoms with E-state index in [1.807, 2.05) is 23.5 Å². The number of carbonyl (C=O) groups is 8. The largest absolute Gasteiger partial charge is 0.792 e. The van der Waals surface area contributed by atoms with Gasteiger partial charge in [-0.2, -0.15) is 57.5 Å². The van der Waals surface area contributed by atoms with Gasteiger partial charge in [-0.3, -0.25) is 9.59 Å². The number of esters is 1. The molecule has 404 valence electrons. The zero-order valence-corrected chi connectivity index (χ0v) is 48.1. The Hall–Kier alpha value is -3.03. The third kappa shape index (κ3) is 36.0. The first-order valence-corrected chi connectivity index (χ1v) is 26.2. The molecule has 72 heavy (non-hydrogen) atoms. The molecule has 2 aromatic carbocycles. The summed E-state index contributed by atoms with van der Waals surface area (Å²) >= 11 is 32.0. The minimum absolute atomic E-state index is 0. The molecule has 0 unspecified atom stereocenters. The van der Waals surface area contributed by atoms with Gasteiger partial charge in [0.05, 0.1) is 5.56 Å². The number of ether oxygens (including phenoxy) is 1. The SMILES string of the molecule is O=C(N[C@@H](C[S-])C(=O)O)N[C@@H](CCc1nn[nH]n1)C(=O)O.O=C(O)CC[C@H](NC(=O)N[C@@H](Cc1ccc(OC(=O)c2ccc(C[S-])cc2)cc1)C(=O)O)C(=O)O.[S-]CCSCC[S-].[S-]CCSCC[S-].[Tc].[Tc]. The van der Waals surface area contributed by atoms with E-state index >= 15 is 0 Å². The molecule has 1 heterocycles. The van der Waals surface area contributed by atoms with Crippen molar-refractivity contribution in [2.45, 2.75) is 62.0 Å². The molecule has 0 aliphatic heterocycles. The summed E-state index contributed by atoms with van der Waals surface area (Å²) in [5.74, 6) is 1.34. The summed E-state index contributed by atoms with van der Waals surface area (Å²) in [7, 11) is 0. The number of amides is 4. The average Bonchev–Trinajstić information content (AvgIpc) is 3.86. The predicted molar refractivity (Wildman–Crippen MR) is 277 cm³/mol. The van der Waals surface area contributed by atoms with Gasteiger partial charge in [-0.25, -0.2) is 28.8 Å². The second-order valence-corrected chi connectivity index (χ2v) is 18.1. The van der Waals surface area contributed by atoms with Crippen LogP contribution in [-0.2, 0) is 159 Å². The molecule has 0 fully saturated rings. The van der Waals surface area contributed by atoms with E-state index < -0.39 is 78.5 Å². The summed E-state index contributed by atoms with van der Waals surface area (Å²) < 4.78 is 5.29. The van der Waals surface area contributed by atoms with Gasteiger partial charge in [-0.05, 0) is 65.7 Å². The van der Waals surface area contributed by atoms with Gasteiger partial charge in [0.25, 0.3) is 0 Å². The molecule has 32 heteroatoms. The third-order valence-electron chi connectivity index (χ3n) is 8.11. The van der Waals surface area contributed by atoms with Crippen LogP contribution in [0.25, 0.3) is 0 Å². The number of aryl methyl sites for hydroxylation is 1. The number of aliphatic carboxylic acids is 5. The van der Waals surface area contributed by atoms with Gasteiger partial charge >= 0.3 is 47.9 Å². The van der Waals surface area contributed by atoms with E-state index in [1.54, 1.807) is 24.3 Å². The molecule has 0 saturated heterocycles. The van der Waals surface area contributed by atoms with Gasteiger partial charge in [0.15, 0.2) is 5.82 Å². The molecule has 0 bridgehead atoms. The maximum absolute atomic E-state index is 12.3. The molecular weight excluding hydrogens is 1270 g/mol. The minimum atomic E-state index is -1.50. The molecule has 3 aromatic rings.